The van der Waals surface area contributed by atoms with Gasteiger partial charge in [0.2, 0.25) is 5.91 Å². The Hall–Kier alpha value is -2.34. The van der Waals surface area contributed by atoms with Crippen LogP contribution in [0.3, 0.4) is 0 Å². The summed E-state index contributed by atoms with van der Waals surface area (Å²) in [5.74, 6) is -1.31. The van der Waals surface area contributed by atoms with Crippen LogP contribution in [0.5, 0.6) is 0 Å². The summed E-state index contributed by atoms with van der Waals surface area (Å²) in [7, 11) is 0. The largest absolute Gasteiger partial charge is 0.391 e. The van der Waals surface area contributed by atoms with Gasteiger partial charge in [-0.15, -0.1) is 0 Å². The Labute approximate surface area is 138 Å². The minimum absolute atomic E-state index is 0.115. The van der Waals surface area contributed by atoms with E-state index < -0.39 is 23.8 Å². The second-order valence-electron chi connectivity index (χ2n) is 5.97. The number of nitrogens with zero attached hydrogens (tertiary/aromatic N) is 2. The maximum absolute atomic E-state index is 14.0. The summed E-state index contributed by atoms with van der Waals surface area (Å²) in [6.07, 6.45) is 3.56. The molecule has 2 heterocycles. The Morgan fingerprint density at radius 1 is 1.25 bits per heavy atom. The van der Waals surface area contributed by atoms with Crippen LogP contribution in [0.2, 0.25) is 0 Å². The maximum Gasteiger partial charge on any atom is 0.223 e. The zero-order chi connectivity index (χ0) is 17.1. The number of amides is 1. The lowest BCUT2D eigenvalue weighted by molar-refractivity contribution is -0.132. The van der Waals surface area contributed by atoms with E-state index in [-0.39, 0.29) is 30.9 Å². The van der Waals surface area contributed by atoms with Gasteiger partial charge in [-0.3, -0.25) is 9.78 Å². The number of aryl methyl sites for hydroxylation is 1. The Morgan fingerprint density at radius 3 is 2.75 bits per heavy atom. The fourth-order valence-electron chi connectivity index (χ4n) is 3.10. The number of halogens is 2. The molecule has 0 saturated carbocycles. The molecule has 0 bridgehead atoms. The summed E-state index contributed by atoms with van der Waals surface area (Å²) in [5.41, 5.74) is 1.09. The first-order valence-corrected chi connectivity index (χ1v) is 7.86. The average Bonchev–Trinajstić information content (AvgIpc) is 2.97. The first-order valence-electron chi connectivity index (χ1n) is 7.86. The van der Waals surface area contributed by atoms with Gasteiger partial charge in [0.05, 0.1) is 12.1 Å². The van der Waals surface area contributed by atoms with E-state index >= 15 is 0 Å². The van der Waals surface area contributed by atoms with Gasteiger partial charge in [0, 0.05) is 30.9 Å². The van der Waals surface area contributed by atoms with Crippen molar-refractivity contribution in [2.75, 3.05) is 6.54 Å². The van der Waals surface area contributed by atoms with Crippen molar-refractivity contribution in [2.45, 2.75) is 31.4 Å². The standard InChI is InChI=1S/C18H18F2N2O2/c19-13-2-3-16(20)15(9-13)17-10-14(23)11-22(17)18(24)4-1-12-5-7-21-8-6-12/h2-3,5-9,14,17,23H,1,4,10-11H2/t14-,17+/m1/s1. The molecule has 0 aliphatic carbocycles. The number of pyridine rings is 1. The minimum Gasteiger partial charge on any atom is -0.391 e. The molecule has 2 aromatic rings. The zero-order valence-corrected chi connectivity index (χ0v) is 13.0. The number of carbonyl (C=O) groups excluding carboxylic acids is 1. The summed E-state index contributed by atoms with van der Waals surface area (Å²) in [4.78, 5) is 17.9. The van der Waals surface area contributed by atoms with E-state index in [0.29, 0.717) is 6.42 Å². The van der Waals surface area contributed by atoms with Gasteiger partial charge in [-0.2, -0.15) is 0 Å². The molecule has 0 spiro atoms. The van der Waals surface area contributed by atoms with Crippen LogP contribution in [-0.2, 0) is 11.2 Å². The number of carbonyl (C=O) groups is 1. The van der Waals surface area contributed by atoms with Crippen LogP contribution in [0.15, 0.2) is 42.7 Å². The number of rotatable bonds is 4. The van der Waals surface area contributed by atoms with Gasteiger partial charge in [-0.05, 0) is 48.7 Å². The highest BCUT2D eigenvalue weighted by molar-refractivity contribution is 5.77. The van der Waals surface area contributed by atoms with Crippen molar-refractivity contribution in [3.8, 4) is 0 Å². The van der Waals surface area contributed by atoms with Gasteiger partial charge in [-0.25, -0.2) is 8.78 Å². The topological polar surface area (TPSA) is 53.4 Å². The van der Waals surface area contributed by atoms with Crippen molar-refractivity contribution in [3.63, 3.8) is 0 Å². The summed E-state index contributed by atoms with van der Waals surface area (Å²) in [6.45, 7) is 0.135. The molecule has 2 atom stereocenters. The van der Waals surface area contributed by atoms with Crippen LogP contribution in [0, 0.1) is 11.6 Å². The number of benzene rings is 1. The molecule has 1 saturated heterocycles. The molecule has 1 amide bonds. The van der Waals surface area contributed by atoms with E-state index in [1.165, 1.54) is 4.90 Å². The smallest absolute Gasteiger partial charge is 0.223 e. The van der Waals surface area contributed by atoms with Crippen LogP contribution in [0.1, 0.15) is 30.0 Å². The molecule has 126 valence electrons. The molecule has 1 fully saturated rings. The molecule has 1 aliphatic heterocycles. The SMILES string of the molecule is O=C(CCc1ccncc1)N1C[C@H](O)C[C@H]1c1cc(F)ccc1F. The van der Waals surface area contributed by atoms with Crippen molar-refractivity contribution in [1.82, 2.24) is 9.88 Å². The Morgan fingerprint density at radius 2 is 2.00 bits per heavy atom. The third-order valence-electron chi connectivity index (χ3n) is 4.29. The zero-order valence-electron chi connectivity index (χ0n) is 13.0. The van der Waals surface area contributed by atoms with Crippen molar-refractivity contribution in [2.24, 2.45) is 0 Å². The number of likely N-dealkylation sites (tertiary alicyclic amines) is 1. The van der Waals surface area contributed by atoms with E-state index in [2.05, 4.69) is 4.98 Å². The predicted molar refractivity (Wildman–Crippen MR) is 84.0 cm³/mol. The molecule has 0 radical (unpaired) electrons. The highest BCUT2D eigenvalue weighted by Crippen LogP contribution is 2.34. The third kappa shape index (κ3) is 3.59. The summed E-state index contributed by atoms with van der Waals surface area (Å²) in [5, 5.41) is 9.91. The third-order valence-corrected chi connectivity index (χ3v) is 4.29. The highest BCUT2D eigenvalue weighted by Gasteiger charge is 2.36. The minimum atomic E-state index is -0.734. The number of β-amino-alcohol motifs (C(OH)–C–C–N with tert-alkyl or cyclic N) is 1. The molecular formula is C18H18F2N2O2. The van der Waals surface area contributed by atoms with Crippen molar-refractivity contribution in [1.29, 1.82) is 0 Å². The van der Waals surface area contributed by atoms with Gasteiger partial charge in [0.1, 0.15) is 11.6 Å². The van der Waals surface area contributed by atoms with E-state index in [9.17, 15) is 18.7 Å². The van der Waals surface area contributed by atoms with Crippen LogP contribution < -0.4 is 0 Å². The Kier molecular flexibility index (Phi) is 4.85. The van der Waals surface area contributed by atoms with Crippen molar-refractivity contribution < 1.29 is 18.7 Å². The number of hydrogen-bond acceptors (Lipinski definition) is 3. The number of aliphatic hydroxyl groups is 1. The van der Waals surface area contributed by atoms with E-state index in [0.717, 1.165) is 23.8 Å². The number of aromatic nitrogens is 1. The second kappa shape index (κ2) is 7.05. The van der Waals surface area contributed by atoms with E-state index in [1.807, 2.05) is 12.1 Å². The summed E-state index contributed by atoms with van der Waals surface area (Å²) in [6, 6.07) is 6.21. The van der Waals surface area contributed by atoms with Gasteiger partial charge in [-0.1, -0.05) is 0 Å². The van der Waals surface area contributed by atoms with Gasteiger partial charge in [0.25, 0.3) is 0 Å². The predicted octanol–water partition coefficient (Wildman–Crippen LogP) is 2.63. The molecule has 3 rings (SSSR count). The number of aliphatic hydroxyl groups excluding tert-OH is 1. The van der Waals surface area contributed by atoms with Gasteiger partial charge >= 0.3 is 0 Å². The fraction of sp³-hybridized carbons (Fsp3) is 0.333. The van der Waals surface area contributed by atoms with Crippen LogP contribution in [0.25, 0.3) is 0 Å². The average molecular weight is 332 g/mol. The molecule has 1 aliphatic rings. The monoisotopic (exact) mass is 332 g/mol. The highest BCUT2D eigenvalue weighted by atomic mass is 19.1. The molecule has 24 heavy (non-hydrogen) atoms. The van der Waals surface area contributed by atoms with Gasteiger partial charge < -0.3 is 10.0 Å². The second-order valence-corrected chi connectivity index (χ2v) is 5.97. The lowest BCUT2D eigenvalue weighted by atomic mass is 10.0. The summed E-state index contributed by atoms with van der Waals surface area (Å²) >= 11 is 0. The molecule has 0 unspecified atom stereocenters. The molecule has 1 N–H and O–H groups in total. The number of hydrogen-bond donors (Lipinski definition) is 1. The van der Waals surface area contributed by atoms with Crippen LogP contribution >= 0.6 is 0 Å². The first-order chi connectivity index (χ1) is 11.5. The Bertz CT molecular complexity index is 724. The normalized spacial score (nSPS) is 20.4. The molecular weight excluding hydrogens is 314 g/mol. The molecule has 6 heteroatoms. The van der Waals surface area contributed by atoms with Gasteiger partial charge in [0.15, 0.2) is 0 Å². The quantitative estimate of drug-likeness (QED) is 0.936. The lowest BCUT2D eigenvalue weighted by Crippen LogP contribution is -2.32. The van der Waals surface area contributed by atoms with Crippen LogP contribution in [0.4, 0.5) is 8.78 Å². The lowest BCUT2D eigenvalue weighted by Gasteiger charge is -2.25. The van der Waals surface area contributed by atoms with Crippen molar-refractivity contribution >= 4 is 5.91 Å². The van der Waals surface area contributed by atoms with E-state index in [1.54, 1.807) is 12.4 Å². The summed E-state index contributed by atoms with van der Waals surface area (Å²) < 4.78 is 27.5. The van der Waals surface area contributed by atoms with Crippen LogP contribution in [-0.4, -0.2) is 33.5 Å². The molecule has 1 aromatic carbocycles. The van der Waals surface area contributed by atoms with E-state index in [4.69, 9.17) is 0 Å². The first kappa shape index (κ1) is 16.5. The van der Waals surface area contributed by atoms with Crippen molar-refractivity contribution in [3.05, 3.63) is 65.5 Å². The maximum atomic E-state index is 14.0. The molecule has 1 aromatic heterocycles. The Balaban J connectivity index is 1.75. The molecule has 4 nitrogen and oxygen atoms in total. The fourth-order valence-corrected chi connectivity index (χ4v) is 3.10.